The van der Waals surface area contributed by atoms with Crippen LogP contribution in [0.2, 0.25) is 5.02 Å². The number of benzene rings is 2. The van der Waals surface area contributed by atoms with Gasteiger partial charge in [0.1, 0.15) is 5.82 Å². The van der Waals surface area contributed by atoms with E-state index in [0.717, 1.165) is 0 Å². The molecule has 3 aromatic rings. The molecule has 2 aromatic carbocycles. The summed E-state index contributed by atoms with van der Waals surface area (Å²) in [6, 6.07) is 10.7. The number of hydrogen-bond acceptors (Lipinski definition) is 2. The van der Waals surface area contributed by atoms with Crippen LogP contribution in [-0.4, -0.2) is 16.7 Å². The summed E-state index contributed by atoms with van der Waals surface area (Å²) in [5.74, 6) is -1.71. The quantitative estimate of drug-likeness (QED) is 0.568. The van der Waals surface area contributed by atoms with Gasteiger partial charge in [0.2, 0.25) is 0 Å². The van der Waals surface area contributed by atoms with E-state index in [9.17, 15) is 14.0 Å². The van der Waals surface area contributed by atoms with Gasteiger partial charge in [0.25, 0.3) is 11.7 Å². The van der Waals surface area contributed by atoms with Crippen molar-refractivity contribution in [2.45, 2.75) is 6.54 Å². The number of carbonyl (C=O) groups is 2. The van der Waals surface area contributed by atoms with Gasteiger partial charge in [0.15, 0.2) is 0 Å². The molecule has 0 radical (unpaired) electrons. The Bertz CT molecular complexity index is 887. The first-order chi connectivity index (χ1) is 11.0. The largest absolute Gasteiger partial charge is 0.360 e. The summed E-state index contributed by atoms with van der Waals surface area (Å²) in [6.45, 7) is 0.152. The van der Waals surface area contributed by atoms with Crippen LogP contribution < -0.4 is 5.32 Å². The zero-order valence-electron chi connectivity index (χ0n) is 11.9. The van der Waals surface area contributed by atoms with Gasteiger partial charge in [0, 0.05) is 28.7 Å². The second-order valence-corrected chi connectivity index (χ2v) is 5.47. The minimum atomic E-state index is -0.717. The molecule has 0 atom stereocenters. The van der Waals surface area contributed by atoms with E-state index < -0.39 is 11.7 Å². The van der Waals surface area contributed by atoms with Crippen LogP contribution in [-0.2, 0) is 11.3 Å². The molecule has 0 fully saturated rings. The Labute approximate surface area is 136 Å². The molecule has 0 spiro atoms. The molecule has 1 heterocycles. The summed E-state index contributed by atoms with van der Waals surface area (Å²) in [5.41, 5.74) is 1.68. The third-order valence-electron chi connectivity index (χ3n) is 3.46. The van der Waals surface area contributed by atoms with E-state index in [-0.39, 0.29) is 17.9 Å². The lowest BCUT2D eigenvalue weighted by Gasteiger charge is -2.04. The van der Waals surface area contributed by atoms with Gasteiger partial charge in [0.05, 0.1) is 5.56 Å². The number of ketones is 1. The smallest absolute Gasteiger partial charge is 0.292 e. The number of nitrogens with one attached hydrogen (secondary N) is 2. The monoisotopic (exact) mass is 330 g/mol. The number of rotatable bonds is 4. The Morgan fingerprint density at radius 3 is 2.61 bits per heavy atom. The first-order valence-electron chi connectivity index (χ1n) is 6.88. The zero-order chi connectivity index (χ0) is 16.4. The van der Waals surface area contributed by atoms with Crippen molar-refractivity contribution in [1.82, 2.24) is 10.3 Å². The minimum Gasteiger partial charge on any atom is -0.360 e. The van der Waals surface area contributed by atoms with Crippen molar-refractivity contribution in [2.24, 2.45) is 0 Å². The normalized spacial score (nSPS) is 10.7. The second kappa shape index (κ2) is 6.22. The lowest BCUT2D eigenvalue weighted by atomic mass is 10.1. The molecule has 3 rings (SSSR count). The van der Waals surface area contributed by atoms with Crippen molar-refractivity contribution in [3.63, 3.8) is 0 Å². The molecule has 23 heavy (non-hydrogen) atoms. The molecule has 0 saturated heterocycles. The Hall–Kier alpha value is -2.66. The van der Waals surface area contributed by atoms with E-state index in [2.05, 4.69) is 10.3 Å². The van der Waals surface area contributed by atoms with Gasteiger partial charge in [-0.15, -0.1) is 0 Å². The maximum Gasteiger partial charge on any atom is 0.292 e. The van der Waals surface area contributed by atoms with Crippen LogP contribution in [0.25, 0.3) is 10.9 Å². The number of fused-ring (bicyclic) bond motifs is 1. The van der Waals surface area contributed by atoms with E-state index in [4.69, 9.17) is 11.6 Å². The predicted octanol–water partition coefficient (Wildman–Crippen LogP) is 3.46. The second-order valence-electron chi connectivity index (χ2n) is 5.03. The molecule has 116 valence electrons. The number of carbonyl (C=O) groups excluding carboxylic acids is 2. The third-order valence-corrected chi connectivity index (χ3v) is 3.70. The number of aromatic nitrogens is 1. The summed E-state index contributed by atoms with van der Waals surface area (Å²) >= 11 is 5.89. The van der Waals surface area contributed by atoms with Gasteiger partial charge >= 0.3 is 0 Å². The Morgan fingerprint density at radius 2 is 1.87 bits per heavy atom. The van der Waals surface area contributed by atoms with Crippen molar-refractivity contribution in [2.75, 3.05) is 0 Å². The van der Waals surface area contributed by atoms with E-state index in [1.54, 1.807) is 30.3 Å². The Balaban J connectivity index is 1.73. The first kappa shape index (κ1) is 15.2. The van der Waals surface area contributed by atoms with Crippen LogP contribution in [0.15, 0.2) is 48.7 Å². The number of halogens is 2. The van der Waals surface area contributed by atoms with Gasteiger partial charge in [-0.25, -0.2) is 4.39 Å². The lowest BCUT2D eigenvalue weighted by Crippen LogP contribution is -2.30. The van der Waals surface area contributed by atoms with Crippen LogP contribution in [0.4, 0.5) is 4.39 Å². The van der Waals surface area contributed by atoms with Crippen molar-refractivity contribution in [1.29, 1.82) is 0 Å². The van der Waals surface area contributed by atoms with E-state index in [1.165, 1.54) is 18.3 Å². The van der Waals surface area contributed by atoms with Crippen molar-refractivity contribution < 1.29 is 14.0 Å². The Kier molecular flexibility index (Phi) is 4.12. The summed E-state index contributed by atoms with van der Waals surface area (Å²) in [7, 11) is 0. The molecule has 6 heteroatoms. The van der Waals surface area contributed by atoms with Crippen molar-refractivity contribution >= 4 is 34.2 Å². The average Bonchev–Trinajstić information content (AvgIpc) is 2.96. The number of aromatic amines is 1. The highest BCUT2D eigenvalue weighted by Gasteiger charge is 2.19. The number of amides is 1. The number of H-pyrrole nitrogens is 1. The summed E-state index contributed by atoms with van der Waals surface area (Å²) in [4.78, 5) is 27.2. The van der Waals surface area contributed by atoms with Gasteiger partial charge in [-0.2, -0.15) is 0 Å². The standard InChI is InChI=1S/C17H12ClFN2O2/c18-11-3-6-13-14(9-20-15(13)7-11)16(22)17(23)21-8-10-1-4-12(19)5-2-10/h1-7,9,20H,8H2,(H,21,23). The highest BCUT2D eigenvalue weighted by Crippen LogP contribution is 2.22. The van der Waals surface area contributed by atoms with Crippen LogP contribution in [0.3, 0.4) is 0 Å². The maximum atomic E-state index is 12.8. The SMILES string of the molecule is O=C(NCc1ccc(F)cc1)C(=O)c1c[nH]c2cc(Cl)ccc12. The molecule has 2 N–H and O–H groups in total. The van der Waals surface area contributed by atoms with Crippen molar-refractivity contribution in [3.8, 4) is 0 Å². The van der Waals surface area contributed by atoms with Crippen LogP contribution >= 0.6 is 11.6 Å². The van der Waals surface area contributed by atoms with E-state index in [1.807, 2.05) is 0 Å². The fourth-order valence-corrected chi connectivity index (χ4v) is 2.45. The zero-order valence-corrected chi connectivity index (χ0v) is 12.7. The van der Waals surface area contributed by atoms with Gasteiger partial charge in [-0.05, 0) is 29.8 Å². The molecule has 0 bridgehead atoms. The molecule has 4 nitrogen and oxygen atoms in total. The van der Waals surface area contributed by atoms with Gasteiger partial charge in [-0.1, -0.05) is 29.8 Å². The van der Waals surface area contributed by atoms with Crippen LogP contribution in [0, 0.1) is 5.82 Å². The number of hydrogen-bond donors (Lipinski definition) is 2. The highest BCUT2D eigenvalue weighted by atomic mass is 35.5. The lowest BCUT2D eigenvalue weighted by molar-refractivity contribution is -0.117. The molecule has 1 amide bonds. The van der Waals surface area contributed by atoms with E-state index in [0.29, 0.717) is 21.5 Å². The molecule has 1 aromatic heterocycles. The average molecular weight is 331 g/mol. The molecule has 0 aliphatic carbocycles. The number of Topliss-reactive ketones (excluding diaryl/α,β-unsaturated/α-hetero) is 1. The van der Waals surface area contributed by atoms with Crippen molar-refractivity contribution in [3.05, 3.63) is 70.6 Å². The topological polar surface area (TPSA) is 62.0 Å². The molecular formula is C17H12ClFN2O2. The minimum absolute atomic E-state index is 0.152. The fourth-order valence-electron chi connectivity index (χ4n) is 2.27. The first-order valence-corrected chi connectivity index (χ1v) is 7.26. The fraction of sp³-hybridized carbons (Fsp3) is 0.0588. The third kappa shape index (κ3) is 3.24. The molecule has 0 aliphatic rings. The summed E-state index contributed by atoms with van der Waals surface area (Å²) in [6.07, 6.45) is 1.49. The van der Waals surface area contributed by atoms with E-state index >= 15 is 0 Å². The molecule has 0 unspecified atom stereocenters. The van der Waals surface area contributed by atoms with Gasteiger partial charge < -0.3 is 10.3 Å². The molecule has 0 saturated carbocycles. The molecule has 0 aliphatic heterocycles. The van der Waals surface area contributed by atoms with Crippen LogP contribution in [0.1, 0.15) is 15.9 Å². The highest BCUT2D eigenvalue weighted by molar-refractivity contribution is 6.45. The predicted molar refractivity (Wildman–Crippen MR) is 85.9 cm³/mol. The van der Waals surface area contributed by atoms with Gasteiger partial charge in [-0.3, -0.25) is 9.59 Å². The maximum absolute atomic E-state index is 12.8. The summed E-state index contributed by atoms with van der Waals surface area (Å²) < 4.78 is 12.8. The van der Waals surface area contributed by atoms with Crippen LogP contribution in [0.5, 0.6) is 0 Å². The Morgan fingerprint density at radius 1 is 1.13 bits per heavy atom. The summed E-state index contributed by atoms with van der Waals surface area (Å²) in [5, 5.41) is 3.71. The molecular weight excluding hydrogens is 319 g/mol.